The minimum absolute atomic E-state index is 0.0732. The summed E-state index contributed by atoms with van der Waals surface area (Å²) in [7, 11) is 1.68. The Morgan fingerprint density at radius 3 is 3.12 bits per heavy atom. The SMILES string of the molecule is CCC(CCOC)n1c(=O)[nH]c2cnccc21. The first-order valence-corrected chi connectivity index (χ1v) is 5.81. The van der Waals surface area contributed by atoms with Gasteiger partial charge in [-0.25, -0.2) is 4.79 Å². The first-order valence-electron chi connectivity index (χ1n) is 5.81. The number of methoxy groups -OCH3 is 1. The molecule has 0 amide bonds. The van der Waals surface area contributed by atoms with Crippen LogP contribution in [-0.2, 0) is 4.74 Å². The lowest BCUT2D eigenvalue weighted by molar-refractivity contribution is 0.177. The van der Waals surface area contributed by atoms with E-state index >= 15 is 0 Å². The molecule has 2 aromatic heterocycles. The summed E-state index contributed by atoms with van der Waals surface area (Å²) in [6.45, 7) is 2.73. The molecule has 0 aromatic carbocycles. The molecule has 0 fully saturated rings. The molecule has 2 aromatic rings. The molecule has 0 saturated heterocycles. The van der Waals surface area contributed by atoms with Crippen LogP contribution in [0.5, 0.6) is 0 Å². The number of aromatic amines is 1. The highest BCUT2D eigenvalue weighted by Gasteiger charge is 2.15. The minimum atomic E-state index is -0.0732. The van der Waals surface area contributed by atoms with E-state index < -0.39 is 0 Å². The predicted octanol–water partition coefficient (Wildman–Crippen LogP) is 1.71. The van der Waals surface area contributed by atoms with Gasteiger partial charge in [-0.3, -0.25) is 9.55 Å². The molecule has 0 spiro atoms. The quantitative estimate of drug-likeness (QED) is 0.858. The highest BCUT2D eigenvalue weighted by atomic mass is 16.5. The van der Waals surface area contributed by atoms with Crippen LogP contribution in [0.2, 0.25) is 0 Å². The number of nitrogens with one attached hydrogen (secondary N) is 1. The van der Waals surface area contributed by atoms with Crippen molar-refractivity contribution in [2.45, 2.75) is 25.8 Å². The zero-order chi connectivity index (χ0) is 12.3. The second-order valence-electron chi connectivity index (χ2n) is 4.04. The van der Waals surface area contributed by atoms with Crippen molar-refractivity contribution in [3.8, 4) is 0 Å². The van der Waals surface area contributed by atoms with Crippen molar-refractivity contribution in [3.63, 3.8) is 0 Å². The third-order valence-corrected chi connectivity index (χ3v) is 3.01. The van der Waals surface area contributed by atoms with Crippen molar-refractivity contribution < 1.29 is 4.74 Å². The highest BCUT2D eigenvalue weighted by Crippen LogP contribution is 2.19. The average Bonchev–Trinajstić information content (AvgIpc) is 2.67. The summed E-state index contributed by atoms with van der Waals surface area (Å²) in [6.07, 6.45) is 5.12. The maximum absolute atomic E-state index is 11.9. The standard InChI is InChI=1S/C12H17N3O2/c1-3-9(5-7-17-2)15-11-4-6-13-8-10(11)14-12(15)16/h4,6,8-9H,3,5,7H2,1-2H3,(H,14,16). The lowest BCUT2D eigenvalue weighted by Gasteiger charge is -2.16. The molecule has 0 saturated carbocycles. The van der Waals surface area contributed by atoms with Gasteiger partial charge in [0.05, 0.1) is 17.2 Å². The molecular weight excluding hydrogens is 218 g/mol. The van der Waals surface area contributed by atoms with E-state index in [9.17, 15) is 4.79 Å². The van der Waals surface area contributed by atoms with Gasteiger partial charge in [-0.1, -0.05) is 6.92 Å². The van der Waals surface area contributed by atoms with E-state index in [1.807, 2.05) is 6.07 Å². The summed E-state index contributed by atoms with van der Waals surface area (Å²) < 4.78 is 6.89. The van der Waals surface area contributed by atoms with Crippen molar-refractivity contribution in [2.75, 3.05) is 13.7 Å². The maximum atomic E-state index is 11.9. The summed E-state index contributed by atoms with van der Waals surface area (Å²) in [4.78, 5) is 18.8. The topological polar surface area (TPSA) is 59.9 Å². The number of pyridine rings is 1. The van der Waals surface area contributed by atoms with Gasteiger partial charge >= 0.3 is 5.69 Å². The fraction of sp³-hybridized carbons (Fsp3) is 0.500. The van der Waals surface area contributed by atoms with Crippen LogP contribution in [0.4, 0.5) is 0 Å². The van der Waals surface area contributed by atoms with Crippen LogP contribution < -0.4 is 5.69 Å². The van der Waals surface area contributed by atoms with Crippen LogP contribution >= 0.6 is 0 Å². The Morgan fingerprint density at radius 2 is 2.41 bits per heavy atom. The normalized spacial score (nSPS) is 13.1. The fourth-order valence-corrected chi connectivity index (χ4v) is 2.11. The molecular formula is C12H17N3O2. The molecule has 5 nitrogen and oxygen atoms in total. The van der Waals surface area contributed by atoms with E-state index in [4.69, 9.17) is 4.74 Å². The number of hydrogen-bond donors (Lipinski definition) is 1. The number of hydrogen-bond acceptors (Lipinski definition) is 3. The van der Waals surface area contributed by atoms with Gasteiger partial charge in [0.1, 0.15) is 0 Å². The third-order valence-electron chi connectivity index (χ3n) is 3.01. The third kappa shape index (κ3) is 2.24. The fourth-order valence-electron chi connectivity index (χ4n) is 2.11. The summed E-state index contributed by atoms with van der Waals surface area (Å²) in [5, 5.41) is 0. The predicted molar refractivity (Wildman–Crippen MR) is 66.2 cm³/mol. The summed E-state index contributed by atoms with van der Waals surface area (Å²) in [5.74, 6) is 0. The molecule has 1 N–H and O–H groups in total. The zero-order valence-corrected chi connectivity index (χ0v) is 10.1. The second-order valence-corrected chi connectivity index (χ2v) is 4.04. The largest absolute Gasteiger partial charge is 0.385 e. The minimum Gasteiger partial charge on any atom is -0.385 e. The van der Waals surface area contributed by atoms with Gasteiger partial charge in [-0.05, 0) is 18.9 Å². The van der Waals surface area contributed by atoms with Gasteiger partial charge in [-0.15, -0.1) is 0 Å². The van der Waals surface area contributed by atoms with Gasteiger partial charge in [-0.2, -0.15) is 0 Å². The second kappa shape index (κ2) is 5.14. The highest BCUT2D eigenvalue weighted by molar-refractivity contribution is 5.73. The van der Waals surface area contributed by atoms with Crippen LogP contribution in [0.15, 0.2) is 23.3 Å². The number of imidazole rings is 1. The Bertz CT molecular complexity index is 544. The van der Waals surface area contributed by atoms with Crippen molar-refractivity contribution in [3.05, 3.63) is 28.9 Å². The van der Waals surface area contributed by atoms with Crippen molar-refractivity contribution in [1.29, 1.82) is 0 Å². The van der Waals surface area contributed by atoms with E-state index in [-0.39, 0.29) is 11.7 Å². The van der Waals surface area contributed by atoms with E-state index in [2.05, 4.69) is 16.9 Å². The molecule has 0 aliphatic carbocycles. The number of fused-ring (bicyclic) bond motifs is 1. The first-order chi connectivity index (χ1) is 8.27. The van der Waals surface area contributed by atoms with Crippen LogP contribution in [0.1, 0.15) is 25.8 Å². The van der Waals surface area contributed by atoms with E-state index in [0.29, 0.717) is 6.61 Å². The van der Waals surface area contributed by atoms with Crippen molar-refractivity contribution >= 4 is 11.0 Å². The molecule has 1 unspecified atom stereocenters. The number of rotatable bonds is 5. The zero-order valence-electron chi connectivity index (χ0n) is 10.1. The molecule has 2 heterocycles. The van der Waals surface area contributed by atoms with E-state index in [0.717, 1.165) is 23.9 Å². The summed E-state index contributed by atoms with van der Waals surface area (Å²) in [6, 6.07) is 2.03. The van der Waals surface area contributed by atoms with Crippen LogP contribution in [0.3, 0.4) is 0 Å². The molecule has 0 aliphatic rings. The van der Waals surface area contributed by atoms with Crippen LogP contribution in [0, 0.1) is 0 Å². The Labute approximate surface area is 99.4 Å². The van der Waals surface area contributed by atoms with Crippen LogP contribution in [0.25, 0.3) is 11.0 Å². The Kier molecular flexibility index (Phi) is 3.58. The number of H-pyrrole nitrogens is 1. The molecule has 1 atom stereocenters. The molecule has 2 rings (SSSR count). The van der Waals surface area contributed by atoms with E-state index in [1.165, 1.54) is 0 Å². The maximum Gasteiger partial charge on any atom is 0.326 e. The van der Waals surface area contributed by atoms with Crippen molar-refractivity contribution in [1.82, 2.24) is 14.5 Å². The van der Waals surface area contributed by atoms with Gasteiger partial charge < -0.3 is 9.72 Å². The van der Waals surface area contributed by atoms with Gasteiger partial charge in [0, 0.05) is 26.0 Å². The monoisotopic (exact) mass is 235 g/mol. The Balaban J connectivity index is 2.45. The first kappa shape index (κ1) is 11.9. The van der Waals surface area contributed by atoms with Gasteiger partial charge in [0.25, 0.3) is 0 Å². The molecule has 17 heavy (non-hydrogen) atoms. The summed E-state index contributed by atoms with van der Waals surface area (Å²) >= 11 is 0. The number of nitrogens with zero attached hydrogens (tertiary/aromatic N) is 2. The van der Waals surface area contributed by atoms with Gasteiger partial charge in [0.15, 0.2) is 0 Å². The molecule has 0 radical (unpaired) electrons. The molecule has 0 aliphatic heterocycles. The number of aromatic nitrogens is 3. The van der Waals surface area contributed by atoms with Crippen LogP contribution in [-0.4, -0.2) is 28.3 Å². The molecule has 0 bridgehead atoms. The van der Waals surface area contributed by atoms with Crippen molar-refractivity contribution in [2.24, 2.45) is 0 Å². The summed E-state index contributed by atoms with van der Waals surface area (Å²) in [5.41, 5.74) is 1.62. The number of ether oxygens (including phenoxy) is 1. The lowest BCUT2D eigenvalue weighted by atomic mass is 10.1. The van der Waals surface area contributed by atoms with Gasteiger partial charge in [0.2, 0.25) is 0 Å². The Hall–Kier alpha value is -1.62. The smallest absolute Gasteiger partial charge is 0.326 e. The molecule has 5 heteroatoms. The molecule has 92 valence electrons. The van der Waals surface area contributed by atoms with E-state index in [1.54, 1.807) is 24.1 Å². The lowest BCUT2D eigenvalue weighted by Crippen LogP contribution is -2.22. The Morgan fingerprint density at radius 1 is 1.59 bits per heavy atom. The average molecular weight is 235 g/mol.